The lowest BCUT2D eigenvalue weighted by Crippen LogP contribution is -1.91. The number of unbranched alkanes of at least 4 members (excludes halogenated alkanes) is 3. The Morgan fingerprint density at radius 1 is 0.682 bits per heavy atom. The number of hydrogen-bond acceptors (Lipinski definition) is 0. The lowest BCUT2D eigenvalue weighted by atomic mass is 9.90. The van der Waals surface area contributed by atoms with Crippen LogP contribution in [0, 0.1) is 0 Å². The fourth-order valence-electron chi connectivity index (χ4n) is 3.79. The number of hydrogen-bond donors (Lipinski definition) is 0. The Hall–Kier alpha value is -2.08. The fraction of sp³-hybridized carbons (Fsp3) is 0.273. The summed E-state index contributed by atoms with van der Waals surface area (Å²) in [6.45, 7) is 2.28. The van der Waals surface area contributed by atoms with Gasteiger partial charge in [0.15, 0.2) is 0 Å². The highest BCUT2D eigenvalue weighted by Gasteiger charge is 2.11. The average molecular weight is 286 g/mol. The highest BCUT2D eigenvalue weighted by Crippen LogP contribution is 2.36. The van der Waals surface area contributed by atoms with E-state index >= 15 is 0 Å². The predicted octanol–water partition coefficient (Wildman–Crippen LogP) is 6.71. The lowest BCUT2D eigenvalue weighted by molar-refractivity contribution is 0.668. The minimum absolute atomic E-state index is 1.20. The van der Waals surface area contributed by atoms with Gasteiger partial charge >= 0.3 is 0 Å². The molecule has 0 aliphatic rings. The van der Waals surface area contributed by atoms with Crippen LogP contribution in [0.3, 0.4) is 0 Å². The first-order valence-corrected chi connectivity index (χ1v) is 8.54. The minimum Gasteiger partial charge on any atom is -0.0654 e. The van der Waals surface area contributed by atoms with Crippen molar-refractivity contribution in [2.24, 2.45) is 0 Å². The van der Waals surface area contributed by atoms with Gasteiger partial charge < -0.3 is 0 Å². The van der Waals surface area contributed by atoms with Crippen LogP contribution in [0.1, 0.15) is 38.2 Å². The summed E-state index contributed by atoms with van der Waals surface area (Å²) in [5, 5.41) is 8.48. The second kappa shape index (κ2) is 5.61. The number of aryl methyl sites for hydroxylation is 1. The van der Waals surface area contributed by atoms with Crippen molar-refractivity contribution in [3.63, 3.8) is 0 Å². The highest BCUT2D eigenvalue weighted by atomic mass is 14.1. The molecule has 0 fully saturated rings. The molecule has 0 unspecified atom stereocenters. The van der Waals surface area contributed by atoms with E-state index in [1.165, 1.54) is 70.0 Å². The molecule has 0 nitrogen and oxygen atoms in total. The third-order valence-electron chi connectivity index (χ3n) is 4.89. The maximum atomic E-state index is 2.43. The molecular weight excluding hydrogens is 264 g/mol. The van der Waals surface area contributed by atoms with Crippen LogP contribution in [0.5, 0.6) is 0 Å². The fourth-order valence-corrected chi connectivity index (χ4v) is 3.79. The number of benzene rings is 4. The maximum Gasteiger partial charge on any atom is -0.00240 e. The van der Waals surface area contributed by atoms with E-state index in [2.05, 4.69) is 61.5 Å². The summed E-state index contributed by atoms with van der Waals surface area (Å²) < 4.78 is 0. The third-order valence-corrected chi connectivity index (χ3v) is 4.89. The zero-order valence-electron chi connectivity index (χ0n) is 13.2. The second-order valence-electron chi connectivity index (χ2n) is 6.39. The Morgan fingerprint density at radius 2 is 1.41 bits per heavy atom. The van der Waals surface area contributed by atoms with Crippen molar-refractivity contribution in [3.8, 4) is 0 Å². The molecule has 0 aromatic heterocycles. The van der Waals surface area contributed by atoms with Gasteiger partial charge in [0.2, 0.25) is 0 Å². The molecule has 0 bridgehead atoms. The van der Waals surface area contributed by atoms with E-state index in [9.17, 15) is 0 Å². The molecule has 4 aromatic carbocycles. The van der Waals surface area contributed by atoms with E-state index in [0.717, 1.165) is 0 Å². The van der Waals surface area contributed by atoms with E-state index in [1.54, 1.807) is 0 Å². The standard InChI is InChI=1S/C22H22/c1-2-3-4-5-8-18-15-19-11-6-9-16-13-14-17-10-7-12-20(18)22(17)21(16)19/h6-7,9-15H,2-5,8H2,1H3. The Balaban J connectivity index is 1.92. The Labute approximate surface area is 132 Å². The van der Waals surface area contributed by atoms with Crippen molar-refractivity contribution in [3.05, 3.63) is 60.2 Å². The van der Waals surface area contributed by atoms with Gasteiger partial charge in [0.1, 0.15) is 0 Å². The van der Waals surface area contributed by atoms with Crippen LogP contribution in [0.15, 0.2) is 54.6 Å². The summed E-state index contributed by atoms with van der Waals surface area (Å²) in [7, 11) is 0. The minimum atomic E-state index is 1.20. The summed E-state index contributed by atoms with van der Waals surface area (Å²) in [5.74, 6) is 0. The first-order valence-electron chi connectivity index (χ1n) is 8.54. The normalized spacial score (nSPS) is 11.9. The van der Waals surface area contributed by atoms with Crippen molar-refractivity contribution < 1.29 is 0 Å². The lowest BCUT2D eigenvalue weighted by Gasteiger charge is -2.14. The third kappa shape index (κ3) is 2.14. The van der Waals surface area contributed by atoms with Gasteiger partial charge in [-0.1, -0.05) is 80.8 Å². The molecule has 0 atom stereocenters. The maximum absolute atomic E-state index is 2.43. The predicted molar refractivity (Wildman–Crippen MR) is 98.0 cm³/mol. The summed E-state index contributed by atoms with van der Waals surface area (Å²) in [6.07, 6.45) is 6.49. The van der Waals surface area contributed by atoms with Gasteiger partial charge in [0, 0.05) is 0 Å². The smallest absolute Gasteiger partial charge is 0.00240 e. The van der Waals surface area contributed by atoms with Gasteiger partial charge in [0.05, 0.1) is 0 Å². The van der Waals surface area contributed by atoms with Crippen molar-refractivity contribution in [2.45, 2.75) is 39.0 Å². The number of rotatable bonds is 5. The van der Waals surface area contributed by atoms with E-state index in [1.807, 2.05) is 0 Å². The second-order valence-corrected chi connectivity index (χ2v) is 6.39. The van der Waals surface area contributed by atoms with Gasteiger partial charge in [0.25, 0.3) is 0 Å². The van der Waals surface area contributed by atoms with E-state index in [4.69, 9.17) is 0 Å². The van der Waals surface area contributed by atoms with Gasteiger partial charge in [-0.05, 0) is 50.7 Å². The molecular formula is C22H22. The molecule has 4 rings (SSSR count). The van der Waals surface area contributed by atoms with Crippen molar-refractivity contribution in [1.29, 1.82) is 0 Å². The Bertz CT molecular complexity index is 917. The van der Waals surface area contributed by atoms with Crippen LogP contribution in [-0.4, -0.2) is 0 Å². The Kier molecular flexibility index (Phi) is 3.46. The van der Waals surface area contributed by atoms with Crippen LogP contribution >= 0.6 is 0 Å². The van der Waals surface area contributed by atoms with E-state index in [0.29, 0.717) is 0 Å². The summed E-state index contributed by atoms with van der Waals surface area (Å²) in [6, 6.07) is 20.4. The quantitative estimate of drug-likeness (QED) is 0.282. The van der Waals surface area contributed by atoms with Crippen molar-refractivity contribution in [2.75, 3.05) is 0 Å². The van der Waals surface area contributed by atoms with Crippen LogP contribution in [0.4, 0.5) is 0 Å². The molecule has 0 radical (unpaired) electrons. The Morgan fingerprint density at radius 3 is 2.23 bits per heavy atom. The first-order chi connectivity index (χ1) is 10.9. The first kappa shape index (κ1) is 13.6. The van der Waals surface area contributed by atoms with Gasteiger partial charge in [-0.25, -0.2) is 0 Å². The van der Waals surface area contributed by atoms with Gasteiger partial charge in [-0.2, -0.15) is 0 Å². The van der Waals surface area contributed by atoms with Crippen LogP contribution in [0.2, 0.25) is 0 Å². The molecule has 110 valence electrons. The van der Waals surface area contributed by atoms with Gasteiger partial charge in [-0.15, -0.1) is 0 Å². The molecule has 0 aliphatic heterocycles. The molecule has 0 heterocycles. The topological polar surface area (TPSA) is 0 Å². The summed E-state index contributed by atoms with van der Waals surface area (Å²) in [4.78, 5) is 0. The monoisotopic (exact) mass is 286 g/mol. The largest absolute Gasteiger partial charge is 0.0654 e. The van der Waals surface area contributed by atoms with Crippen molar-refractivity contribution in [1.82, 2.24) is 0 Å². The SMILES string of the molecule is CCCCCCc1cc2cccc3ccc4cccc1c4c32. The molecule has 0 saturated carbocycles. The van der Waals surface area contributed by atoms with E-state index < -0.39 is 0 Å². The van der Waals surface area contributed by atoms with E-state index in [-0.39, 0.29) is 0 Å². The zero-order chi connectivity index (χ0) is 14.9. The molecule has 0 heteroatoms. The molecule has 22 heavy (non-hydrogen) atoms. The molecule has 0 aliphatic carbocycles. The molecule has 4 aromatic rings. The van der Waals surface area contributed by atoms with Crippen LogP contribution in [-0.2, 0) is 6.42 Å². The van der Waals surface area contributed by atoms with Crippen LogP contribution in [0.25, 0.3) is 32.3 Å². The highest BCUT2D eigenvalue weighted by molar-refractivity contribution is 6.23. The molecule has 0 amide bonds. The molecule has 0 spiro atoms. The van der Waals surface area contributed by atoms with Crippen LogP contribution < -0.4 is 0 Å². The van der Waals surface area contributed by atoms with Gasteiger partial charge in [-0.3, -0.25) is 0 Å². The van der Waals surface area contributed by atoms with Crippen molar-refractivity contribution >= 4 is 32.3 Å². The molecule has 0 saturated heterocycles. The average Bonchev–Trinajstić information content (AvgIpc) is 2.57. The summed E-state index contributed by atoms with van der Waals surface area (Å²) >= 11 is 0. The molecule has 0 N–H and O–H groups in total. The zero-order valence-corrected chi connectivity index (χ0v) is 13.2. The summed E-state index contributed by atoms with van der Waals surface area (Å²) in [5.41, 5.74) is 1.52.